The van der Waals surface area contributed by atoms with Crippen molar-refractivity contribution in [1.29, 1.82) is 0 Å². The Hall–Kier alpha value is 0.320. The van der Waals surface area contributed by atoms with Gasteiger partial charge in [0.05, 0.1) is 5.69 Å². The molecule has 4 heteroatoms. The first kappa shape index (κ1) is 10.5. The molecule has 0 atom stereocenters. The first-order valence-corrected chi connectivity index (χ1v) is 7.60. The maximum Gasteiger partial charge on any atom is 0.154 e. The number of nitrogens with zero attached hydrogens (tertiary/aromatic N) is 2. The number of rotatable bonds is 1. The molecule has 82 valence electrons. The van der Waals surface area contributed by atoms with Gasteiger partial charge in [-0.2, -0.15) is 0 Å². The summed E-state index contributed by atoms with van der Waals surface area (Å²) in [6.07, 6.45) is 6.70. The topological polar surface area (TPSA) is 16.1 Å². The van der Waals surface area contributed by atoms with Gasteiger partial charge < -0.3 is 0 Å². The van der Waals surface area contributed by atoms with Crippen molar-refractivity contribution in [3.8, 4) is 0 Å². The Morgan fingerprint density at radius 1 is 1.27 bits per heavy atom. The van der Waals surface area contributed by atoms with Crippen LogP contribution in [-0.4, -0.2) is 29.0 Å². The maximum absolute atomic E-state index is 4.63. The van der Waals surface area contributed by atoms with Gasteiger partial charge in [-0.15, -0.1) is 11.3 Å². The molecule has 0 bridgehead atoms. The average Bonchev–Trinajstić information content (AvgIpc) is 2.38. The lowest BCUT2D eigenvalue weighted by molar-refractivity contribution is 0.133. The maximum atomic E-state index is 4.63. The van der Waals surface area contributed by atoms with E-state index in [2.05, 4.69) is 32.5 Å². The molecular formula is C11H15IN2S. The number of halogens is 1. The summed E-state index contributed by atoms with van der Waals surface area (Å²) in [5.41, 5.74) is 1.38. The van der Waals surface area contributed by atoms with E-state index in [0.717, 1.165) is 6.04 Å². The van der Waals surface area contributed by atoms with Crippen molar-refractivity contribution in [3.05, 3.63) is 13.6 Å². The summed E-state index contributed by atoms with van der Waals surface area (Å²) in [6, 6.07) is 0.901. The molecule has 1 aliphatic heterocycles. The van der Waals surface area contributed by atoms with Gasteiger partial charge in [-0.3, -0.25) is 4.90 Å². The van der Waals surface area contributed by atoms with Crippen LogP contribution < -0.4 is 0 Å². The monoisotopic (exact) mass is 334 g/mol. The molecule has 0 aromatic carbocycles. The molecule has 2 nitrogen and oxygen atoms in total. The second-order valence-electron chi connectivity index (χ2n) is 4.46. The van der Waals surface area contributed by atoms with E-state index in [1.165, 1.54) is 53.9 Å². The Balaban J connectivity index is 1.71. The third-order valence-corrected chi connectivity index (χ3v) is 5.45. The lowest BCUT2D eigenvalue weighted by Crippen LogP contribution is -2.41. The minimum Gasteiger partial charge on any atom is -0.300 e. The van der Waals surface area contributed by atoms with Gasteiger partial charge in [-0.05, 0) is 41.9 Å². The van der Waals surface area contributed by atoms with Crippen molar-refractivity contribution < 1.29 is 0 Å². The van der Waals surface area contributed by atoms with Crippen LogP contribution in [0, 0.1) is 3.01 Å². The van der Waals surface area contributed by atoms with E-state index in [-0.39, 0.29) is 0 Å². The van der Waals surface area contributed by atoms with Crippen LogP contribution in [0.5, 0.6) is 0 Å². The number of aromatic nitrogens is 1. The summed E-state index contributed by atoms with van der Waals surface area (Å²) in [7, 11) is 0. The number of thiazole rings is 1. The molecular weight excluding hydrogens is 319 g/mol. The highest BCUT2D eigenvalue weighted by molar-refractivity contribution is 14.1. The molecule has 0 spiro atoms. The molecule has 2 heterocycles. The highest BCUT2D eigenvalue weighted by Gasteiger charge is 2.27. The summed E-state index contributed by atoms with van der Waals surface area (Å²) < 4.78 is 1.22. The van der Waals surface area contributed by atoms with E-state index < -0.39 is 0 Å². The SMILES string of the molecule is Ic1nc2c(s1)CCN(C1CCC1)CC2. The highest BCUT2D eigenvalue weighted by atomic mass is 127. The van der Waals surface area contributed by atoms with Gasteiger partial charge >= 0.3 is 0 Å². The third-order valence-electron chi connectivity index (χ3n) is 3.61. The zero-order chi connectivity index (χ0) is 10.3. The lowest BCUT2D eigenvalue weighted by atomic mass is 9.91. The molecule has 15 heavy (non-hydrogen) atoms. The second kappa shape index (κ2) is 4.30. The van der Waals surface area contributed by atoms with Crippen LogP contribution in [0.15, 0.2) is 0 Å². The van der Waals surface area contributed by atoms with Crippen molar-refractivity contribution in [2.24, 2.45) is 0 Å². The van der Waals surface area contributed by atoms with Crippen LogP contribution in [0.2, 0.25) is 0 Å². The van der Waals surface area contributed by atoms with Gasteiger partial charge in [0.1, 0.15) is 0 Å². The van der Waals surface area contributed by atoms with Gasteiger partial charge in [0.2, 0.25) is 0 Å². The Kier molecular flexibility index (Phi) is 3.00. The van der Waals surface area contributed by atoms with E-state index in [9.17, 15) is 0 Å². The molecule has 2 aliphatic rings. The zero-order valence-electron chi connectivity index (χ0n) is 8.71. The standard InChI is InChI=1S/C11H15IN2S/c12-11-13-9-4-6-14(8-2-1-3-8)7-5-10(9)15-11/h8H,1-7H2. The Morgan fingerprint density at radius 2 is 2.07 bits per heavy atom. The molecule has 0 amide bonds. The van der Waals surface area contributed by atoms with Crippen LogP contribution in [0.4, 0.5) is 0 Å². The fraction of sp³-hybridized carbons (Fsp3) is 0.727. The van der Waals surface area contributed by atoms with Gasteiger partial charge in [0, 0.05) is 30.4 Å². The van der Waals surface area contributed by atoms with E-state index >= 15 is 0 Å². The van der Waals surface area contributed by atoms with E-state index in [4.69, 9.17) is 0 Å². The minimum absolute atomic E-state index is 0.901. The predicted molar refractivity (Wildman–Crippen MR) is 71.5 cm³/mol. The first-order valence-electron chi connectivity index (χ1n) is 5.71. The lowest BCUT2D eigenvalue weighted by Gasteiger charge is -2.36. The summed E-state index contributed by atoms with van der Waals surface area (Å²) in [5, 5.41) is 0. The second-order valence-corrected chi connectivity index (χ2v) is 7.29. The van der Waals surface area contributed by atoms with Crippen molar-refractivity contribution >= 4 is 33.9 Å². The van der Waals surface area contributed by atoms with Crippen LogP contribution >= 0.6 is 33.9 Å². The molecule has 1 aromatic heterocycles. The van der Waals surface area contributed by atoms with Crippen molar-refractivity contribution in [3.63, 3.8) is 0 Å². The van der Waals surface area contributed by atoms with Crippen LogP contribution in [0.1, 0.15) is 29.8 Å². The highest BCUT2D eigenvalue weighted by Crippen LogP contribution is 2.29. The zero-order valence-corrected chi connectivity index (χ0v) is 11.7. The smallest absolute Gasteiger partial charge is 0.154 e. The van der Waals surface area contributed by atoms with Gasteiger partial charge in [0.15, 0.2) is 3.01 Å². The molecule has 0 N–H and O–H groups in total. The molecule has 1 aliphatic carbocycles. The number of fused-ring (bicyclic) bond motifs is 1. The molecule has 0 unspecified atom stereocenters. The van der Waals surface area contributed by atoms with Crippen molar-refractivity contribution in [1.82, 2.24) is 9.88 Å². The minimum atomic E-state index is 0.901. The Labute approximate surface area is 108 Å². The number of hydrogen-bond donors (Lipinski definition) is 0. The van der Waals surface area contributed by atoms with Crippen molar-refractivity contribution in [2.45, 2.75) is 38.1 Å². The molecule has 1 aromatic rings. The largest absolute Gasteiger partial charge is 0.300 e. The summed E-state index contributed by atoms with van der Waals surface area (Å²) >= 11 is 4.24. The van der Waals surface area contributed by atoms with E-state index in [1.807, 2.05) is 11.3 Å². The van der Waals surface area contributed by atoms with Gasteiger partial charge in [-0.1, -0.05) is 6.42 Å². The summed E-state index contributed by atoms with van der Waals surface area (Å²) in [6.45, 7) is 2.49. The molecule has 1 fully saturated rings. The fourth-order valence-corrected chi connectivity index (χ4v) is 4.37. The van der Waals surface area contributed by atoms with Crippen LogP contribution in [-0.2, 0) is 12.8 Å². The fourth-order valence-electron chi connectivity index (χ4n) is 2.47. The molecule has 1 saturated carbocycles. The van der Waals surface area contributed by atoms with E-state index in [1.54, 1.807) is 4.88 Å². The average molecular weight is 334 g/mol. The van der Waals surface area contributed by atoms with Gasteiger partial charge in [0.25, 0.3) is 0 Å². The molecule has 0 radical (unpaired) electrons. The Bertz CT molecular complexity index is 334. The van der Waals surface area contributed by atoms with Crippen LogP contribution in [0.25, 0.3) is 0 Å². The van der Waals surface area contributed by atoms with Gasteiger partial charge in [-0.25, -0.2) is 4.98 Å². The Morgan fingerprint density at radius 3 is 2.80 bits per heavy atom. The predicted octanol–water partition coefficient (Wildman–Crippen LogP) is 2.70. The quantitative estimate of drug-likeness (QED) is 0.734. The molecule has 3 rings (SSSR count). The third kappa shape index (κ3) is 2.08. The van der Waals surface area contributed by atoms with Crippen LogP contribution in [0.3, 0.4) is 0 Å². The summed E-state index contributed by atoms with van der Waals surface area (Å²) in [4.78, 5) is 8.86. The number of hydrogen-bond acceptors (Lipinski definition) is 3. The van der Waals surface area contributed by atoms with E-state index in [0.29, 0.717) is 0 Å². The molecule has 0 saturated heterocycles. The summed E-state index contributed by atoms with van der Waals surface area (Å²) in [5.74, 6) is 0. The first-order chi connectivity index (χ1) is 7.33. The normalized spacial score (nSPS) is 23.3. The van der Waals surface area contributed by atoms with Crippen molar-refractivity contribution in [2.75, 3.05) is 13.1 Å².